The lowest BCUT2D eigenvalue weighted by molar-refractivity contribution is 0.0734. The van der Waals surface area contributed by atoms with Gasteiger partial charge in [0.25, 0.3) is 0 Å². The second-order valence-corrected chi connectivity index (χ2v) is 5.91. The summed E-state index contributed by atoms with van der Waals surface area (Å²) in [5, 5.41) is 0. The van der Waals surface area contributed by atoms with Gasteiger partial charge < -0.3 is 19.9 Å². The molecule has 0 aliphatic rings. The molecule has 3 rings (SSSR count). The van der Waals surface area contributed by atoms with Gasteiger partial charge in [0.2, 0.25) is 0 Å². The Bertz CT molecular complexity index is 907. The molecule has 2 N–H and O–H groups in total. The second kappa shape index (κ2) is 8.38. The first-order valence-electron chi connectivity index (χ1n) is 8.47. The molecule has 1 unspecified atom stereocenters. The molecule has 0 saturated heterocycles. The van der Waals surface area contributed by atoms with Gasteiger partial charge in [0.1, 0.15) is 17.2 Å². The van der Waals surface area contributed by atoms with Crippen molar-refractivity contribution in [2.45, 2.75) is 6.04 Å². The highest BCUT2D eigenvalue weighted by Crippen LogP contribution is 2.32. The minimum absolute atomic E-state index is 0.385. The number of esters is 1. The smallest absolute Gasteiger partial charge is 0.343 e. The number of rotatable bonds is 6. The van der Waals surface area contributed by atoms with Crippen molar-refractivity contribution in [3.63, 3.8) is 0 Å². The summed E-state index contributed by atoms with van der Waals surface area (Å²) in [7, 11) is 3.20. The molecule has 0 radical (unpaired) electrons. The standard InChI is InChI=1S/C22H21NO4/c1-25-18-12-13-19(20(14-18)26-2)21(23)15-8-10-17(11-9-15)27-22(24)16-6-4-3-5-7-16/h3-14,21H,23H2,1-2H3. The Balaban J connectivity index is 1.76. The molecular weight excluding hydrogens is 342 g/mol. The van der Waals surface area contributed by atoms with Gasteiger partial charge in [-0.1, -0.05) is 30.3 Å². The molecule has 0 spiro atoms. The molecule has 0 aromatic heterocycles. The van der Waals surface area contributed by atoms with Crippen molar-refractivity contribution in [2.24, 2.45) is 5.73 Å². The van der Waals surface area contributed by atoms with Gasteiger partial charge in [-0.25, -0.2) is 4.79 Å². The lowest BCUT2D eigenvalue weighted by Gasteiger charge is -2.17. The van der Waals surface area contributed by atoms with Crippen molar-refractivity contribution in [2.75, 3.05) is 14.2 Å². The van der Waals surface area contributed by atoms with Gasteiger partial charge in [0.15, 0.2) is 0 Å². The van der Waals surface area contributed by atoms with E-state index in [2.05, 4.69) is 0 Å². The molecule has 3 aromatic carbocycles. The third kappa shape index (κ3) is 4.27. The SMILES string of the molecule is COc1ccc(C(N)c2ccc(OC(=O)c3ccccc3)cc2)c(OC)c1. The van der Waals surface area contributed by atoms with Crippen LogP contribution >= 0.6 is 0 Å². The van der Waals surface area contributed by atoms with Crippen LogP contribution < -0.4 is 19.9 Å². The summed E-state index contributed by atoms with van der Waals surface area (Å²) in [5.74, 6) is 1.42. The third-order valence-corrected chi connectivity index (χ3v) is 4.23. The Kier molecular flexibility index (Phi) is 5.74. The highest BCUT2D eigenvalue weighted by Gasteiger charge is 2.15. The molecule has 1 atom stereocenters. The average Bonchev–Trinajstić information content (AvgIpc) is 2.73. The summed E-state index contributed by atoms with van der Waals surface area (Å²) in [4.78, 5) is 12.1. The van der Waals surface area contributed by atoms with Crippen LogP contribution in [0, 0.1) is 0 Å². The van der Waals surface area contributed by atoms with Crippen LogP contribution in [0.25, 0.3) is 0 Å². The number of carbonyl (C=O) groups excluding carboxylic acids is 1. The zero-order valence-corrected chi connectivity index (χ0v) is 15.2. The molecule has 5 heteroatoms. The van der Waals surface area contributed by atoms with Crippen LogP contribution in [0.5, 0.6) is 17.2 Å². The quantitative estimate of drug-likeness (QED) is 0.530. The average molecular weight is 363 g/mol. The van der Waals surface area contributed by atoms with Crippen LogP contribution in [-0.2, 0) is 0 Å². The van der Waals surface area contributed by atoms with Crippen LogP contribution in [0.3, 0.4) is 0 Å². The molecule has 0 aliphatic heterocycles. The molecule has 0 heterocycles. The Morgan fingerprint density at radius 3 is 2.15 bits per heavy atom. The predicted octanol–water partition coefficient (Wildman–Crippen LogP) is 3.97. The highest BCUT2D eigenvalue weighted by molar-refractivity contribution is 5.90. The molecule has 138 valence electrons. The molecular formula is C22H21NO4. The van der Waals surface area contributed by atoms with Crippen molar-refractivity contribution in [1.82, 2.24) is 0 Å². The number of carbonyl (C=O) groups is 1. The Labute approximate surface area is 158 Å². The molecule has 0 amide bonds. The van der Waals surface area contributed by atoms with E-state index in [1.165, 1.54) is 0 Å². The van der Waals surface area contributed by atoms with Gasteiger partial charge in [-0.2, -0.15) is 0 Å². The first-order chi connectivity index (χ1) is 13.1. The number of methoxy groups -OCH3 is 2. The summed E-state index contributed by atoms with van der Waals surface area (Å²) < 4.78 is 16.0. The Morgan fingerprint density at radius 2 is 1.52 bits per heavy atom. The molecule has 0 aliphatic carbocycles. The zero-order chi connectivity index (χ0) is 19.2. The van der Waals surface area contributed by atoms with Crippen molar-refractivity contribution >= 4 is 5.97 Å². The van der Waals surface area contributed by atoms with E-state index >= 15 is 0 Å². The van der Waals surface area contributed by atoms with Gasteiger partial charge in [0, 0.05) is 11.6 Å². The van der Waals surface area contributed by atoms with E-state index in [1.54, 1.807) is 56.7 Å². The normalized spacial score (nSPS) is 11.5. The predicted molar refractivity (Wildman–Crippen MR) is 103 cm³/mol. The van der Waals surface area contributed by atoms with E-state index in [0.29, 0.717) is 22.8 Å². The van der Waals surface area contributed by atoms with E-state index in [9.17, 15) is 4.79 Å². The number of benzene rings is 3. The van der Waals surface area contributed by atoms with Crippen molar-refractivity contribution in [1.29, 1.82) is 0 Å². The maximum absolute atomic E-state index is 12.1. The minimum atomic E-state index is -0.399. The fourth-order valence-corrected chi connectivity index (χ4v) is 2.74. The van der Waals surface area contributed by atoms with E-state index < -0.39 is 5.97 Å². The number of hydrogen-bond donors (Lipinski definition) is 1. The molecule has 0 fully saturated rings. The zero-order valence-electron chi connectivity index (χ0n) is 15.2. The lowest BCUT2D eigenvalue weighted by atomic mass is 9.98. The summed E-state index contributed by atoms with van der Waals surface area (Å²) >= 11 is 0. The molecule has 5 nitrogen and oxygen atoms in total. The van der Waals surface area contributed by atoms with Crippen LogP contribution in [-0.4, -0.2) is 20.2 Å². The third-order valence-electron chi connectivity index (χ3n) is 4.23. The maximum atomic E-state index is 12.1. The largest absolute Gasteiger partial charge is 0.497 e. The summed E-state index contributed by atoms with van der Waals surface area (Å²) in [6.07, 6.45) is 0. The van der Waals surface area contributed by atoms with E-state index in [0.717, 1.165) is 11.1 Å². The van der Waals surface area contributed by atoms with Crippen LogP contribution in [0.2, 0.25) is 0 Å². The summed E-state index contributed by atoms with van der Waals surface area (Å²) in [6.45, 7) is 0. The van der Waals surface area contributed by atoms with Crippen LogP contribution in [0.1, 0.15) is 27.5 Å². The van der Waals surface area contributed by atoms with Crippen molar-refractivity contribution < 1.29 is 19.0 Å². The van der Waals surface area contributed by atoms with Crippen molar-refractivity contribution in [3.05, 3.63) is 89.5 Å². The number of nitrogens with two attached hydrogens (primary N) is 1. The van der Waals surface area contributed by atoms with Gasteiger partial charge in [-0.15, -0.1) is 0 Å². The topological polar surface area (TPSA) is 70.8 Å². The monoisotopic (exact) mass is 363 g/mol. The molecule has 0 bridgehead atoms. The fourth-order valence-electron chi connectivity index (χ4n) is 2.74. The molecule has 27 heavy (non-hydrogen) atoms. The Morgan fingerprint density at radius 1 is 0.852 bits per heavy atom. The second-order valence-electron chi connectivity index (χ2n) is 5.91. The lowest BCUT2D eigenvalue weighted by Crippen LogP contribution is -2.13. The molecule has 0 saturated carbocycles. The van der Waals surface area contributed by atoms with Crippen LogP contribution in [0.15, 0.2) is 72.8 Å². The molecule has 3 aromatic rings. The summed E-state index contributed by atoms with van der Waals surface area (Å²) in [6, 6.07) is 21.1. The summed E-state index contributed by atoms with van der Waals surface area (Å²) in [5.41, 5.74) is 8.61. The Hall–Kier alpha value is -3.31. The van der Waals surface area contributed by atoms with E-state index in [-0.39, 0.29) is 6.04 Å². The van der Waals surface area contributed by atoms with E-state index in [1.807, 2.05) is 30.3 Å². The fraction of sp³-hybridized carbons (Fsp3) is 0.136. The maximum Gasteiger partial charge on any atom is 0.343 e. The van der Waals surface area contributed by atoms with Gasteiger partial charge in [0.05, 0.1) is 25.8 Å². The number of hydrogen-bond acceptors (Lipinski definition) is 5. The minimum Gasteiger partial charge on any atom is -0.497 e. The van der Waals surface area contributed by atoms with Crippen molar-refractivity contribution in [3.8, 4) is 17.2 Å². The first-order valence-corrected chi connectivity index (χ1v) is 8.47. The first kappa shape index (κ1) is 18.5. The van der Waals surface area contributed by atoms with Gasteiger partial charge in [-0.3, -0.25) is 0 Å². The van der Waals surface area contributed by atoms with Crippen LogP contribution in [0.4, 0.5) is 0 Å². The van der Waals surface area contributed by atoms with E-state index in [4.69, 9.17) is 19.9 Å². The number of ether oxygens (including phenoxy) is 3. The van der Waals surface area contributed by atoms with Gasteiger partial charge >= 0.3 is 5.97 Å². The van der Waals surface area contributed by atoms with Gasteiger partial charge in [-0.05, 0) is 42.0 Å². The highest BCUT2D eigenvalue weighted by atomic mass is 16.5.